The van der Waals surface area contributed by atoms with Crippen molar-refractivity contribution < 1.29 is 24.2 Å². The van der Waals surface area contributed by atoms with Crippen molar-refractivity contribution in [2.75, 3.05) is 26.2 Å². The highest BCUT2D eigenvalue weighted by Crippen LogP contribution is 2.24. The van der Waals surface area contributed by atoms with Crippen molar-refractivity contribution in [3.05, 3.63) is 83.4 Å². The number of nitrogens with zero attached hydrogens (tertiary/aromatic N) is 1. The number of amides is 2. The molecule has 1 saturated heterocycles. The van der Waals surface area contributed by atoms with E-state index in [9.17, 15) is 14.4 Å². The molecule has 3 aromatic rings. The SMILES string of the molecule is C[C@@H](NCC1CN(Cc2ccc(C(=O)NCC(=O)O)cc2)C(=O)CO1)c1cccc2ccccc12. The highest BCUT2D eigenvalue weighted by Gasteiger charge is 2.26. The zero-order chi connectivity index (χ0) is 24.8. The number of benzene rings is 3. The second kappa shape index (κ2) is 11.1. The highest BCUT2D eigenvalue weighted by molar-refractivity contribution is 5.95. The van der Waals surface area contributed by atoms with Gasteiger partial charge in [0.05, 0.1) is 6.10 Å². The van der Waals surface area contributed by atoms with Crippen LogP contribution in [0.1, 0.15) is 34.5 Å². The standard InChI is InChI=1S/C27H29N3O5/c1-18(23-8-4-6-20-5-2-3-7-24(20)23)28-13-22-16-30(25(31)17-35-22)15-19-9-11-21(12-10-19)27(34)29-14-26(32)33/h2-12,18,22,28H,13-17H2,1H3,(H,29,34)(H,32,33)/t18-,22?/m1/s1. The molecule has 0 saturated carbocycles. The van der Waals surface area contributed by atoms with E-state index in [2.05, 4.69) is 47.9 Å². The summed E-state index contributed by atoms with van der Waals surface area (Å²) < 4.78 is 5.77. The number of ether oxygens (including phenoxy) is 1. The Morgan fingerprint density at radius 3 is 2.60 bits per heavy atom. The summed E-state index contributed by atoms with van der Waals surface area (Å²) in [5, 5.41) is 17.0. The zero-order valence-corrected chi connectivity index (χ0v) is 19.6. The van der Waals surface area contributed by atoms with Gasteiger partial charge in [0, 0.05) is 31.2 Å². The molecule has 1 unspecified atom stereocenters. The Bertz CT molecular complexity index is 1210. The monoisotopic (exact) mass is 475 g/mol. The van der Waals surface area contributed by atoms with Gasteiger partial charge in [-0.2, -0.15) is 0 Å². The molecular formula is C27H29N3O5. The Labute approximate surface area is 203 Å². The van der Waals surface area contributed by atoms with Gasteiger partial charge in [0.1, 0.15) is 13.2 Å². The highest BCUT2D eigenvalue weighted by atomic mass is 16.5. The van der Waals surface area contributed by atoms with E-state index in [1.165, 1.54) is 16.3 Å². The second-order valence-electron chi connectivity index (χ2n) is 8.68. The molecule has 0 aliphatic carbocycles. The predicted octanol–water partition coefficient (Wildman–Crippen LogP) is 2.73. The van der Waals surface area contributed by atoms with Gasteiger partial charge in [0.25, 0.3) is 5.91 Å². The lowest BCUT2D eigenvalue weighted by atomic mass is 9.99. The van der Waals surface area contributed by atoms with E-state index in [-0.39, 0.29) is 24.7 Å². The van der Waals surface area contributed by atoms with Crippen molar-refractivity contribution in [1.29, 1.82) is 0 Å². The summed E-state index contributed by atoms with van der Waals surface area (Å²) in [6.07, 6.45) is -0.133. The lowest BCUT2D eigenvalue weighted by Crippen LogP contribution is -2.49. The number of hydrogen-bond acceptors (Lipinski definition) is 5. The number of carbonyl (C=O) groups is 3. The fourth-order valence-corrected chi connectivity index (χ4v) is 4.24. The Morgan fingerprint density at radius 2 is 1.83 bits per heavy atom. The van der Waals surface area contributed by atoms with Crippen LogP contribution < -0.4 is 10.6 Å². The van der Waals surface area contributed by atoms with Crippen LogP contribution in [0, 0.1) is 0 Å². The van der Waals surface area contributed by atoms with Gasteiger partial charge in [-0.3, -0.25) is 14.4 Å². The molecule has 3 N–H and O–H groups in total. The maximum absolute atomic E-state index is 12.4. The fourth-order valence-electron chi connectivity index (χ4n) is 4.24. The van der Waals surface area contributed by atoms with E-state index in [1.54, 1.807) is 29.2 Å². The predicted molar refractivity (Wildman–Crippen MR) is 132 cm³/mol. The Morgan fingerprint density at radius 1 is 1.09 bits per heavy atom. The molecule has 0 aromatic heterocycles. The molecule has 2 amide bonds. The smallest absolute Gasteiger partial charge is 0.322 e. The van der Waals surface area contributed by atoms with E-state index in [4.69, 9.17) is 9.84 Å². The number of fused-ring (bicyclic) bond motifs is 1. The van der Waals surface area contributed by atoms with Gasteiger partial charge in [-0.05, 0) is 41.0 Å². The van der Waals surface area contributed by atoms with E-state index >= 15 is 0 Å². The molecule has 0 spiro atoms. The molecule has 8 nitrogen and oxygen atoms in total. The molecule has 1 aliphatic rings. The molecule has 35 heavy (non-hydrogen) atoms. The van der Waals surface area contributed by atoms with Gasteiger partial charge < -0.3 is 25.4 Å². The van der Waals surface area contributed by atoms with E-state index in [0.717, 1.165) is 5.56 Å². The summed E-state index contributed by atoms with van der Waals surface area (Å²) in [5.41, 5.74) is 2.47. The quantitative estimate of drug-likeness (QED) is 0.439. The number of carboxylic acid groups (broad SMARTS) is 1. The maximum Gasteiger partial charge on any atom is 0.322 e. The van der Waals surface area contributed by atoms with Gasteiger partial charge in [-0.15, -0.1) is 0 Å². The summed E-state index contributed by atoms with van der Waals surface area (Å²) in [6, 6.07) is 21.5. The molecule has 8 heteroatoms. The lowest BCUT2D eigenvalue weighted by molar-refractivity contribution is -0.149. The summed E-state index contributed by atoms with van der Waals surface area (Å²) in [7, 11) is 0. The first-order chi connectivity index (χ1) is 16.9. The molecule has 3 aromatic carbocycles. The third-order valence-corrected chi connectivity index (χ3v) is 6.15. The van der Waals surface area contributed by atoms with E-state index in [1.807, 2.05) is 12.1 Å². The van der Waals surface area contributed by atoms with Crippen LogP contribution in [0.15, 0.2) is 66.7 Å². The minimum Gasteiger partial charge on any atom is -0.480 e. The fraction of sp³-hybridized carbons (Fsp3) is 0.296. The summed E-state index contributed by atoms with van der Waals surface area (Å²) in [6.45, 7) is 3.21. The molecular weight excluding hydrogens is 446 g/mol. The minimum absolute atomic E-state index is 0.0324. The molecule has 1 fully saturated rings. The third kappa shape index (κ3) is 6.23. The largest absolute Gasteiger partial charge is 0.480 e. The van der Waals surface area contributed by atoms with Crippen LogP contribution in [0.4, 0.5) is 0 Å². The molecule has 182 valence electrons. The average Bonchev–Trinajstić information content (AvgIpc) is 2.87. The first kappa shape index (κ1) is 24.4. The number of carbonyl (C=O) groups excluding carboxylic acids is 2. The van der Waals surface area contributed by atoms with Crippen molar-refractivity contribution in [2.45, 2.75) is 25.6 Å². The molecule has 4 rings (SSSR count). The first-order valence-corrected chi connectivity index (χ1v) is 11.6. The molecule has 0 bridgehead atoms. The van der Waals surface area contributed by atoms with Crippen LogP contribution in [-0.4, -0.2) is 60.1 Å². The van der Waals surface area contributed by atoms with Gasteiger partial charge in [0.2, 0.25) is 5.91 Å². The summed E-state index contributed by atoms with van der Waals surface area (Å²) in [5.74, 6) is -1.63. The Balaban J connectivity index is 1.32. The molecule has 1 heterocycles. The normalized spacial score (nSPS) is 16.8. The average molecular weight is 476 g/mol. The van der Waals surface area contributed by atoms with Crippen molar-refractivity contribution in [3.8, 4) is 0 Å². The second-order valence-corrected chi connectivity index (χ2v) is 8.68. The number of rotatable bonds is 9. The van der Waals surface area contributed by atoms with Crippen LogP contribution in [0.5, 0.6) is 0 Å². The number of carboxylic acids is 1. The van der Waals surface area contributed by atoms with Crippen molar-refractivity contribution in [2.24, 2.45) is 0 Å². The third-order valence-electron chi connectivity index (χ3n) is 6.15. The van der Waals surface area contributed by atoms with E-state index in [0.29, 0.717) is 25.2 Å². The van der Waals surface area contributed by atoms with Crippen molar-refractivity contribution >= 4 is 28.6 Å². The minimum atomic E-state index is -1.10. The number of aliphatic carboxylic acids is 1. The lowest BCUT2D eigenvalue weighted by Gasteiger charge is -2.33. The Hall–Kier alpha value is -3.75. The van der Waals surface area contributed by atoms with Gasteiger partial charge in [-0.1, -0.05) is 54.6 Å². The summed E-state index contributed by atoms with van der Waals surface area (Å²) in [4.78, 5) is 36.8. The number of morpholine rings is 1. The Kier molecular flexibility index (Phi) is 7.74. The zero-order valence-electron chi connectivity index (χ0n) is 19.6. The maximum atomic E-state index is 12.4. The van der Waals surface area contributed by atoms with Crippen LogP contribution in [0.3, 0.4) is 0 Å². The van der Waals surface area contributed by atoms with Crippen LogP contribution in [0.2, 0.25) is 0 Å². The van der Waals surface area contributed by atoms with Crippen molar-refractivity contribution in [3.63, 3.8) is 0 Å². The number of hydrogen-bond donors (Lipinski definition) is 3. The van der Waals surface area contributed by atoms with E-state index < -0.39 is 18.4 Å². The van der Waals surface area contributed by atoms with Crippen LogP contribution in [-0.2, 0) is 20.9 Å². The van der Waals surface area contributed by atoms with Crippen LogP contribution in [0.25, 0.3) is 10.8 Å². The molecule has 1 aliphatic heterocycles. The van der Waals surface area contributed by atoms with Gasteiger partial charge in [0.15, 0.2) is 0 Å². The molecule has 0 radical (unpaired) electrons. The summed E-state index contributed by atoms with van der Waals surface area (Å²) >= 11 is 0. The number of nitrogens with one attached hydrogen (secondary N) is 2. The molecule has 2 atom stereocenters. The first-order valence-electron chi connectivity index (χ1n) is 11.6. The van der Waals surface area contributed by atoms with Gasteiger partial charge in [-0.25, -0.2) is 0 Å². The van der Waals surface area contributed by atoms with Crippen molar-refractivity contribution in [1.82, 2.24) is 15.5 Å². The van der Waals surface area contributed by atoms with Gasteiger partial charge >= 0.3 is 5.97 Å². The van der Waals surface area contributed by atoms with Crippen LogP contribution >= 0.6 is 0 Å². The topological polar surface area (TPSA) is 108 Å².